The molecule has 0 N–H and O–H groups in total. The molecule has 4 nitrogen and oxygen atoms in total. The van der Waals surface area contributed by atoms with Crippen LogP contribution in [-0.2, 0) is 11.4 Å². The molecule has 30 heavy (non-hydrogen) atoms. The lowest BCUT2D eigenvalue weighted by molar-refractivity contribution is -0.113. The Morgan fingerprint density at radius 2 is 1.73 bits per heavy atom. The molecule has 0 atom stereocenters. The van der Waals surface area contributed by atoms with Crippen molar-refractivity contribution < 1.29 is 18.7 Å². The number of hydrogen-bond acceptors (Lipinski definition) is 4. The van der Waals surface area contributed by atoms with Gasteiger partial charge in [-0.15, -0.1) is 0 Å². The Morgan fingerprint density at radius 1 is 1.00 bits per heavy atom. The number of amides is 2. The first kappa shape index (κ1) is 20.2. The minimum Gasteiger partial charge on any atom is -0.489 e. The van der Waals surface area contributed by atoms with E-state index in [1.54, 1.807) is 60.7 Å². The number of imide groups is 1. The van der Waals surface area contributed by atoms with Crippen molar-refractivity contribution in [1.29, 1.82) is 0 Å². The summed E-state index contributed by atoms with van der Waals surface area (Å²) < 4.78 is 18.8. The quantitative estimate of drug-likeness (QED) is 0.438. The Morgan fingerprint density at radius 3 is 2.47 bits per heavy atom. The van der Waals surface area contributed by atoms with Crippen molar-refractivity contribution in [3.63, 3.8) is 0 Å². The maximum atomic E-state index is 13.0. The molecule has 0 saturated carbocycles. The van der Waals surface area contributed by atoms with Gasteiger partial charge < -0.3 is 4.74 Å². The number of carbonyl (C=O) groups excluding carboxylic acids is 2. The maximum Gasteiger partial charge on any atom is 0.298 e. The summed E-state index contributed by atoms with van der Waals surface area (Å²) in [4.78, 5) is 26.6. The van der Waals surface area contributed by atoms with Crippen LogP contribution in [0.1, 0.15) is 11.1 Å². The first-order chi connectivity index (χ1) is 14.5. The summed E-state index contributed by atoms with van der Waals surface area (Å²) >= 11 is 6.76. The zero-order chi connectivity index (χ0) is 21.1. The van der Waals surface area contributed by atoms with Crippen molar-refractivity contribution in [3.8, 4) is 5.75 Å². The summed E-state index contributed by atoms with van der Waals surface area (Å²) in [5, 5.41) is 0.163. The smallest absolute Gasteiger partial charge is 0.298 e. The van der Waals surface area contributed by atoms with Crippen LogP contribution in [0.25, 0.3) is 6.08 Å². The summed E-state index contributed by atoms with van der Waals surface area (Å²) in [5.41, 5.74) is 2.04. The minimum atomic E-state index is -0.384. The lowest BCUT2D eigenvalue weighted by Gasteiger charge is -2.12. The summed E-state index contributed by atoms with van der Waals surface area (Å²) in [7, 11) is 0. The van der Waals surface area contributed by atoms with Gasteiger partial charge in [-0.3, -0.25) is 9.59 Å². The Bertz CT molecular complexity index is 1130. The van der Waals surface area contributed by atoms with E-state index in [0.717, 1.165) is 27.8 Å². The van der Waals surface area contributed by atoms with Gasteiger partial charge in [0.1, 0.15) is 18.2 Å². The van der Waals surface area contributed by atoms with Gasteiger partial charge in [0.2, 0.25) is 0 Å². The van der Waals surface area contributed by atoms with Gasteiger partial charge in [0.15, 0.2) is 0 Å². The van der Waals surface area contributed by atoms with Crippen molar-refractivity contribution >= 4 is 46.3 Å². The van der Waals surface area contributed by atoms with Crippen LogP contribution in [0.15, 0.2) is 77.7 Å². The third kappa shape index (κ3) is 4.56. The van der Waals surface area contributed by atoms with E-state index in [1.807, 2.05) is 6.07 Å². The molecular formula is C23H15ClFNO3S. The maximum absolute atomic E-state index is 13.0. The van der Waals surface area contributed by atoms with E-state index in [0.29, 0.717) is 21.4 Å². The van der Waals surface area contributed by atoms with E-state index < -0.39 is 0 Å². The van der Waals surface area contributed by atoms with Crippen LogP contribution in [0.2, 0.25) is 5.02 Å². The Hall–Kier alpha value is -3.09. The minimum absolute atomic E-state index is 0.289. The Kier molecular flexibility index (Phi) is 5.88. The van der Waals surface area contributed by atoms with E-state index in [-0.39, 0.29) is 23.6 Å². The fraction of sp³-hybridized carbons (Fsp3) is 0.0435. The molecule has 3 aromatic carbocycles. The van der Waals surface area contributed by atoms with Gasteiger partial charge >= 0.3 is 0 Å². The molecule has 0 unspecified atom stereocenters. The molecule has 3 aromatic rings. The van der Waals surface area contributed by atoms with Crippen molar-refractivity contribution in [2.45, 2.75) is 6.61 Å². The Balaban J connectivity index is 1.49. The number of benzene rings is 3. The van der Waals surface area contributed by atoms with Crippen LogP contribution >= 0.6 is 23.4 Å². The predicted molar refractivity (Wildman–Crippen MR) is 117 cm³/mol. The van der Waals surface area contributed by atoms with Gasteiger partial charge in [-0.25, -0.2) is 9.29 Å². The average Bonchev–Trinajstić information content (AvgIpc) is 3.02. The van der Waals surface area contributed by atoms with Crippen LogP contribution < -0.4 is 9.64 Å². The molecule has 2 amide bonds. The standard InChI is InChI=1S/C23H15ClFNO3S/c24-17-6-10-19(11-7-17)26-22(27)21(30-23(26)28)13-16-2-1-3-20(12-16)29-14-15-4-8-18(25)9-5-15/h1-13H,14H2/b21-13+. The van der Waals surface area contributed by atoms with Gasteiger partial charge in [0.25, 0.3) is 11.1 Å². The van der Waals surface area contributed by atoms with Crippen LogP contribution in [0.3, 0.4) is 0 Å². The zero-order valence-electron chi connectivity index (χ0n) is 15.5. The number of carbonyl (C=O) groups is 2. The molecule has 0 radical (unpaired) electrons. The Labute approximate surface area is 181 Å². The highest BCUT2D eigenvalue weighted by Gasteiger charge is 2.36. The summed E-state index contributed by atoms with van der Waals surface area (Å²) in [6.07, 6.45) is 1.66. The van der Waals surface area contributed by atoms with Crippen LogP contribution in [0.5, 0.6) is 5.75 Å². The van der Waals surface area contributed by atoms with E-state index >= 15 is 0 Å². The molecule has 1 fully saturated rings. The number of nitrogens with zero attached hydrogens (tertiary/aromatic N) is 1. The normalized spacial score (nSPS) is 15.1. The zero-order valence-corrected chi connectivity index (χ0v) is 17.1. The molecule has 0 aliphatic carbocycles. The fourth-order valence-corrected chi connectivity index (χ4v) is 3.84. The lowest BCUT2D eigenvalue weighted by Crippen LogP contribution is -2.27. The summed E-state index contributed by atoms with van der Waals surface area (Å²) in [6.45, 7) is 0.289. The summed E-state index contributed by atoms with van der Waals surface area (Å²) in [6, 6.07) is 19.8. The molecule has 1 saturated heterocycles. The number of thioether (sulfide) groups is 1. The number of ether oxygens (including phenoxy) is 1. The predicted octanol–water partition coefficient (Wildman–Crippen LogP) is 6.30. The number of rotatable bonds is 5. The van der Waals surface area contributed by atoms with Gasteiger partial charge in [-0.1, -0.05) is 35.9 Å². The molecule has 150 valence electrons. The van der Waals surface area contributed by atoms with Crippen molar-refractivity contribution in [2.24, 2.45) is 0 Å². The third-order valence-corrected chi connectivity index (χ3v) is 5.47. The highest BCUT2D eigenvalue weighted by molar-refractivity contribution is 8.19. The van der Waals surface area contributed by atoms with Gasteiger partial charge in [0, 0.05) is 5.02 Å². The first-order valence-electron chi connectivity index (χ1n) is 9.00. The third-order valence-electron chi connectivity index (χ3n) is 4.35. The number of hydrogen-bond donors (Lipinski definition) is 0. The second-order valence-electron chi connectivity index (χ2n) is 6.48. The lowest BCUT2D eigenvalue weighted by atomic mass is 10.2. The number of anilines is 1. The van der Waals surface area contributed by atoms with Gasteiger partial charge in [0.05, 0.1) is 10.6 Å². The van der Waals surface area contributed by atoms with Crippen LogP contribution in [0, 0.1) is 5.82 Å². The largest absolute Gasteiger partial charge is 0.489 e. The van der Waals surface area contributed by atoms with Crippen LogP contribution in [0.4, 0.5) is 14.9 Å². The van der Waals surface area contributed by atoms with Crippen molar-refractivity contribution in [2.75, 3.05) is 4.90 Å². The molecule has 1 aliphatic rings. The first-order valence-corrected chi connectivity index (χ1v) is 10.2. The van der Waals surface area contributed by atoms with E-state index in [1.165, 1.54) is 12.1 Å². The average molecular weight is 440 g/mol. The van der Waals surface area contributed by atoms with Crippen molar-refractivity contribution in [1.82, 2.24) is 0 Å². The SMILES string of the molecule is O=C1S/C(=C/c2cccc(OCc3ccc(F)cc3)c2)C(=O)N1c1ccc(Cl)cc1. The van der Waals surface area contributed by atoms with Crippen LogP contribution in [-0.4, -0.2) is 11.1 Å². The molecule has 7 heteroatoms. The second-order valence-corrected chi connectivity index (χ2v) is 7.91. The second kappa shape index (κ2) is 8.73. The topological polar surface area (TPSA) is 46.6 Å². The van der Waals surface area contributed by atoms with E-state index in [2.05, 4.69) is 0 Å². The molecule has 1 aliphatic heterocycles. The fourth-order valence-electron chi connectivity index (χ4n) is 2.87. The summed E-state index contributed by atoms with van der Waals surface area (Å²) in [5.74, 6) is -0.0803. The molecular weight excluding hydrogens is 425 g/mol. The molecule has 1 heterocycles. The van der Waals surface area contributed by atoms with E-state index in [4.69, 9.17) is 16.3 Å². The monoisotopic (exact) mass is 439 g/mol. The van der Waals surface area contributed by atoms with Gasteiger partial charge in [-0.05, 0) is 77.5 Å². The molecule has 4 rings (SSSR count). The highest BCUT2D eigenvalue weighted by atomic mass is 35.5. The number of halogens is 2. The molecule has 0 spiro atoms. The molecule has 0 aromatic heterocycles. The van der Waals surface area contributed by atoms with Crippen molar-refractivity contribution in [3.05, 3.63) is 99.7 Å². The van der Waals surface area contributed by atoms with E-state index in [9.17, 15) is 14.0 Å². The molecule has 0 bridgehead atoms. The highest BCUT2D eigenvalue weighted by Crippen LogP contribution is 2.36. The van der Waals surface area contributed by atoms with Gasteiger partial charge in [-0.2, -0.15) is 0 Å².